The van der Waals surface area contributed by atoms with Crippen molar-refractivity contribution in [3.63, 3.8) is 0 Å². The fraction of sp³-hybridized carbons (Fsp3) is 0.0189. The van der Waals surface area contributed by atoms with Crippen LogP contribution in [0.2, 0.25) is 0 Å². The summed E-state index contributed by atoms with van der Waals surface area (Å²) in [6.45, 7) is 0. The summed E-state index contributed by atoms with van der Waals surface area (Å²) in [5.74, 6) is 0. The highest BCUT2D eigenvalue weighted by Gasteiger charge is 2.24. The van der Waals surface area contributed by atoms with Crippen LogP contribution in [-0.4, -0.2) is 9.13 Å². The van der Waals surface area contributed by atoms with Crippen LogP contribution in [-0.2, 0) is 0 Å². The van der Waals surface area contributed by atoms with Crippen LogP contribution in [0.1, 0.15) is 17.2 Å². The van der Waals surface area contributed by atoms with Crippen LogP contribution in [0.25, 0.3) is 92.0 Å². The molecule has 1 N–H and O–H groups in total. The van der Waals surface area contributed by atoms with Crippen molar-refractivity contribution in [3.8, 4) is 16.8 Å². The monoisotopic (exact) mass is 745 g/mol. The van der Waals surface area contributed by atoms with E-state index < -0.39 is 0 Å². The van der Waals surface area contributed by atoms with E-state index in [2.05, 4.69) is 215 Å². The van der Waals surface area contributed by atoms with Crippen molar-refractivity contribution in [3.05, 3.63) is 211 Å². The van der Waals surface area contributed by atoms with Crippen LogP contribution >= 0.6 is 11.3 Å². The highest BCUT2D eigenvalue weighted by molar-refractivity contribution is 7.26. The zero-order valence-corrected chi connectivity index (χ0v) is 31.7. The molecule has 0 fully saturated rings. The van der Waals surface area contributed by atoms with Crippen LogP contribution in [0.15, 0.2) is 200 Å². The third kappa shape index (κ3) is 4.97. The minimum Gasteiger partial charge on any atom is -0.374 e. The summed E-state index contributed by atoms with van der Waals surface area (Å²) in [7, 11) is 0. The lowest BCUT2D eigenvalue weighted by Crippen LogP contribution is -2.22. The van der Waals surface area contributed by atoms with Crippen molar-refractivity contribution < 1.29 is 0 Å². The van der Waals surface area contributed by atoms with Crippen molar-refractivity contribution >= 4 is 86.5 Å². The van der Waals surface area contributed by atoms with E-state index in [9.17, 15) is 0 Å². The molecule has 0 aliphatic carbocycles. The van der Waals surface area contributed by atoms with Crippen LogP contribution in [0, 0.1) is 0 Å². The maximum Gasteiger partial charge on any atom is 0.0721 e. The molecule has 3 aromatic heterocycles. The minimum absolute atomic E-state index is 0.000461. The Bertz CT molecular complexity index is 3420. The smallest absolute Gasteiger partial charge is 0.0721 e. The number of hydrogen-bond donors (Lipinski definition) is 1. The number of nitrogens with zero attached hydrogens (tertiary/aromatic N) is 2. The molecule has 12 rings (SSSR count). The number of allylic oxidation sites excluding steroid dienone is 2. The van der Waals surface area contributed by atoms with Gasteiger partial charge in [-0.15, -0.1) is 11.3 Å². The second-order valence-corrected chi connectivity index (χ2v) is 16.0. The predicted octanol–water partition coefficient (Wildman–Crippen LogP) is 14.2. The molecule has 4 heteroatoms. The van der Waals surface area contributed by atoms with E-state index in [0.717, 1.165) is 17.1 Å². The standard InChI is InChI=1S/C53H35N3S/c1-4-15-34(16-5-1)45-32-38(33-46(54-45)35-17-6-2-7-18-35)56-48-26-13-11-22-41(48)43-28-30-50-51(53(43)56)44-31-36(27-29-49(44)57-50)39-23-14-24-42-40-21-10-12-25-47(40)55(52(39)42)37-19-8-3-9-20-37/h1-33,45,54H. The first-order valence-corrected chi connectivity index (χ1v) is 20.4. The molecule has 57 heavy (non-hydrogen) atoms. The number of dihydropyridines is 1. The molecular weight excluding hydrogens is 711 g/mol. The van der Waals surface area contributed by atoms with Gasteiger partial charge in [-0.3, -0.25) is 0 Å². The van der Waals surface area contributed by atoms with Gasteiger partial charge in [-0.05, 0) is 71.3 Å². The Labute approximate surface area is 333 Å². The molecule has 0 amide bonds. The normalized spacial score (nSPS) is 14.5. The zero-order valence-electron chi connectivity index (χ0n) is 30.9. The Morgan fingerprint density at radius 1 is 0.456 bits per heavy atom. The molecule has 1 atom stereocenters. The van der Waals surface area contributed by atoms with Crippen molar-refractivity contribution in [1.29, 1.82) is 0 Å². The van der Waals surface area contributed by atoms with E-state index >= 15 is 0 Å². The molecule has 0 spiro atoms. The van der Waals surface area contributed by atoms with Gasteiger partial charge in [0.25, 0.3) is 0 Å². The fourth-order valence-electron chi connectivity index (χ4n) is 9.23. The second-order valence-electron chi connectivity index (χ2n) is 14.9. The zero-order chi connectivity index (χ0) is 37.5. The van der Waals surface area contributed by atoms with Gasteiger partial charge in [-0.2, -0.15) is 0 Å². The minimum atomic E-state index is -0.000461. The van der Waals surface area contributed by atoms with Gasteiger partial charge in [0, 0.05) is 64.4 Å². The van der Waals surface area contributed by atoms with Crippen LogP contribution in [0.3, 0.4) is 0 Å². The van der Waals surface area contributed by atoms with Crippen LogP contribution in [0.5, 0.6) is 0 Å². The summed E-state index contributed by atoms with van der Waals surface area (Å²) in [6.07, 6.45) is 4.73. The molecule has 0 bridgehead atoms. The number of fused-ring (bicyclic) bond motifs is 10. The molecule has 0 saturated carbocycles. The Hall–Kier alpha value is -7.14. The first-order valence-electron chi connectivity index (χ1n) is 19.6. The Morgan fingerprint density at radius 3 is 1.86 bits per heavy atom. The number of rotatable bonds is 5. The maximum atomic E-state index is 3.87. The molecule has 1 unspecified atom stereocenters. The number of nitrogens with one attached hydrogen (secondary N) is 1. The largest absolute Gasteiger partial charge is 0.374 e. The molecular formula is C53H35N3S. The lowest BCUT2D eigenvalue weighted by atomic mass is 9.98. The third-order valence-electron chi connectivity index (χ3n) is 11.7. The summed E-state index contributed by atoms with van der Waals surface area (Å²) >= 11 is 1.88. The maximum absolute atomic E-state index is 3.87. The topological polar surface area (TPSA) is 21.9 Å². The van der Waals surface area contributed by atoms with E-state index in [4.69, 9.17) is 0 Å². The van der Waals surface area contributed by atoms with Crippen molar-refractivity contribution in [2.45, 2.75) is 6.04 Å². The van der Waals surface area contributed by atoms with Crippen LogP contribution in [0.4, 0.5) is 0 Å². The molecule has 1 aliphatic heterocycles. The van der Waals surface area contributed by atoms with Gasteiger partial charge in [-0.1, -0.05) is 146 Å². The highest BCUT2D eigenvalue weighted by Crippen LogP contribution is 2.46. The summed E-state index contributed by atoms with van der Waals surface area (Å²) in [4.78, 5) is 0. The van der Waals surface area contributed by atoms with Gasteiger partial charge in [0.2, 0.25) is 0 Å². The summed E-state index contributed by atoms with van der Waals surface area (Å²) in [5.41, 5.74) is 13.2. The Kier molecular flexibility index (Phi) is 7.16. The SMILES string of the molecule is C1=C(c2ccccc2)NC(c2ccccc2)C=C1n1c2ccccc2c2ccc3sc4ccc(-c5cccc6c7ccccc7n(-c7ccccc7)c56)cc4c3c21. The molecule has 8 aromatic carbocycles. The quantitative estimate of drug-likeness (QED) is 0.186. The van der Waals surface area contributed by atoms with Crippen LogP contribution < -0.4 is 5.32 Å². The van der Waals surface area contributed by atoms with Gasteiger partial charge in [0.15, 0.2) is 0 Å². The van der Waals surface area contributed by atoms with E-state index in [1.54, 1.807) is 0 Å². The van der Waals surface area contributed by atoms with E-state index in [1.165, 1.54) is 86.0 Å². The molecule has 0 radical (unpaired) electrons. The molecule has 0 saturated heterocycles. The first kappa shape index (κ1) is 32.1. The fourth-order valence-corrected chi connectivity index (χ4v) is 10.3. The van der Waals surface area contributed by atoms with Crippen molar-refractivity contribution in [2.24, 2.45) is 0 Å². The van der Waals surface area contributed by atoms with Crippen molar-refractivity contribution in [1.82, 2.24) is 14.5 Å². The van der Waals surface area contributed by atoms with Gasteiger partial charge in [0.05, 0.1) is 28.1 Å². The second kappa shape index (κ2) is 12.7. The van der Waals surface area contributed by atoms with Gasteiger partial charge in [-0.25, -0.2) is 0 Å². The van der Waals surface area contributed by atoms with Crippen molar-refractivity contribution in [2.75, 3.05) is 0 Å². The predicted molar refractivity (Wildman–Crippen MR) is 243 cm³/mol. The van der Waals surface area contributed by atoms with E-state index in [1.807, 2.05) is 11.3 Å². The summed E-state index contributed by atoms with van der Waals surface area (Å²) in [6, 6.07) is 68.5. The van der Waals surface area contributed by atoms with E-state index in [-0.39, 0.29) is 6.04 Å². The van der Waals surface area contributed by atoms with Gasteiger partial charge in [0.1, 0.15) is 0 Å². The summed E-state index contributed by atoms with van der Waals surface area (Å²) < 4.78 is 7.54. The molecule has 268 valence electrons. The molecule has 4 heterocycles. The van der Waals surface area contributed by atoms with Gasteiger partial charge >= 0.3 is 0 Å². The molecule has 3 nitrogen and oxygen atoms in total. The third-order valence-corrected chi connectivity index (χ3v) is 12.9. The average Bonchev–Trinajstić information content (AvgIpc) is 3.94. The Morgan fingerprint density at radius 2 is 1.09 bits per heavy atom. The van der Waals surface area contributed by atoms with Gasteiger partial charge < -0.3 is 14.5 Å². The number of aromatic nitrogens is 2. The number of thiophene rings is 1. The number of hydrogen-bond acceptors (Lipinski definition) is 2. The Balaban J connectivity index is 1.15. The molecule has 11 aromatic rings. The number of para-hydroxylation sites is 4. The average molecular weight is 746 g/mol. The lowest BCUT2D eigenvalue weighted by Gasteiger charge is -2.26. The summed E-state index contributed by atoms with van der Waals surface area (Å²) in [5, 5.41) is 11.5. The van der Waals surface area contributed by atoms with E-state index in [0.29, 0.717) is 0 Å². The first-order chi connectivity index (χ1) is 28.3. The number of benzene rings is 8. The highest BCUT2D eigenvalue weighted by atomic mass is 32.1. The molecule has 1 aliphatic rings. The lowest BCUT2D eigenvalue weighted by molar-refractivity contribution is 0.762.